The number of aliphatic imine (C=N–C) groups is 1. The van der Waals surface area contributed by atoms with Crippen LogP contribution in [0.15, 0.2) is 39.8 Å². The van der Waals surface area contributed by atoms with Crippen molar-refractivity contribution in [1.29, 1.82) is 0 Å². The van der Waals surface area contributed by atoms with Crippen LogP contribution in [0.1, 0.15) is 49.8 Å². The van der Waals surface area contributed by atoms with Crippen LogP contribution in [0.4, 0.5) is 11.4 Å². The lowest BCUT2D eigenvalue weighted by Gasteiger charge is -2.45. The monoisotopic (exact) mass is 414 g/mol. The minimum atomic E-state index is 0.139. The summed E-state index contributed by atoms with van der Waals surface area (Å²) in [5.41, 5.74) is 5.89. The number of fused-ring (bicyclic) bond motifs is 1. The van der Waals surface area contributed by atoms with Gasteiger partial charge < -0.3 is 9.64 Å². The predicted molar refractivity (Wildman–Crippen MR) is 115 cm³/mol. The number of aryl methyl sites for hydroxylation is 1. The first kappa shape index (κ1) is 19.0. The van der Waals surface area contributed by atoms with Gasteiger partial charge in [0.1, 0.15) is 5.75 Å². The molecule has 3 rings (SSSR count). The SMILES string of the molecule is COc1cc2c(cc1C=Nc1ccc(C)cc1Br)C(C)CC(C)(C)N2C. The van der Waals surface area contributed by atoms with Crippen molar-refractivity contribution in [2.24, 2.45) is 4.99 Å². The van der Waals surface area contributed by atoms with E-state index in [1.165, 1.54) is 16.8 Å². The molecule has 0 aromatic heterocycles. The number of ether oxygens (including phenoxy) is 1. The van der Waals surface area contributed by atoms with Gasteiger partial charge >= 0.3 is 0 Å². The lowest BCUT2D eigenvalue weighted by atomic mass is 9.80. The Hall–Kier alpha value is -1.81. The fraction of sp³-hybridized carbons (Fsp3) is 0.409. The minimum absolute atomic E-state index is 0.139. The highest BCUT2D eigenvalue weighted by atomic mass is 79.9. The van der Waals surface area contributed by atoms with Gasteiger partial charge in [-0.3, -0.25) is 4.99 Å². The summed E-state index contributed by atoms with van der Waals surface area (Å²) in [5.74, 6) is 1.35. The van der Waals surface area contributed by atoms with Gasteiger partial charge in [0.25, 0.3) is 0 Å². The molecular formula is C22H27BrN2O. The number of methoxy groups -OCH3 is 1. The average Bonchev–Trinajstić information content (AvgIpc) is 2.58. The molecule has 0 radical (unpaired) electrons. The Morgan fingerprint density at radius 1 is 1.27 bits per heavy atom. The van der Waals surface area contributed by atoms with Crippen LogP contribution in [0.5, 0.6) is 5.75 Å². The summed E-state index contributed by atoms with van der Waals surface area (Å²) in [4.78, 5) is 7.05. The van der Waals surface area contributed by atoms with E-state index in [1.54, 1.807) is 7.11 Å². The van der Waals surface area contributed by atoms with Crippen LogP contribution in [0.2, 0.25) is 0 Å². The number of hydrogen-bond donors (Lipinski definition) is 0. The third kappa shape index (κ3) is 3.52. The van der Waals surface area contributed by atoms with Crippen LogP contribution >= 0.6 is 15.9 Å². The molecule has 0 saturated heterocycles. The Morgan fingerprint density at radius 3 is 2.65 bits per heavy atom. The Kier molecular flexibility index (Phi) is 5.16. The summed E-state index contributed by atoms with van der Waals surface area (Å²) < 4.78 is 6.67. The molecule has 2 aromatic carbocycles. The maximum atomic E-state index is 5.67. The van der Waals surface area contributed by atoms with Crippen LogP contribution in [-0.2, 0) is 0 Å². The zero-order valence-corrected chi connectivity index (χ0v) is 18.0. The smallest absolute Gasteiger partial charge is 0.129 e. The van der Waals surface area contributed by atoms with Gasteiger partial charge in [-0.05, 0) is 78.4 Å². The van der Waals surface area contributed by atoms with Crippen LogP contribution in [0.25, 0.3) is 0 Å². The van der Waals surface area contributed by atoms with E-state index < -0.39 is 0 Å². The van der Waals surface area contributed by atoms with Crippen molar-refractivity contribution in [1.82, 2.24) is 0 Å². The summed E-state index contributed by atoms with van der Waals surface area (Å²) in [6, 6.07) is 10.6. The van der Waals surface area contributed by atoms with Crippen molar-refractivity contribution in [3.8, 4) is 5.75 Å². The summed E-state index contributed by atoms with van der Waals surface area (Å²) >= 11 is 3.59. The third-order valence-corrected chi connectivity index (χ3v) is 6.07. The number of benzene rings is 2. The first-order chi connectivity index (χ1) is 12.2. The van der Waals surface area contributed by atoms with E-state index >= 15 is 0 Å². The molecule has 0 saturated carbocycles. The quantitative estimate of drug-likeness (QED) is 0.555. The van der Waals surface area contributed by atoms with E-state index in [4.69, 9.17) is 4.74 Å². The fourth-order valence-electron chi connectivity index (χ4n) is 3.74. The Labute approximate surface area is 165 Å². The van der Waals surface area contributed by atoms with E-state index in [0.717, 1.165) is 27.9 Å². The molecule has 4 heteroatoms. The van der Waals surface area contributed by atoms with Crippen molar-refractivity contribution in [2.45, 2.75) is 45.6 Å². The molecule has 0 fully saturated rings. The van der Waals surface area contributed by atoms with E-state index in [2.05, 4.69) is 84.8 Å². The van der Waals surface area contributed by atoms with Crippen LogP contribution < -0.4 is 9.64 Å². The van der Waals surface area contributed by atoms with Gasteiger partial charge in [-0.25, -0.2) is 0 Å². The normalized spacial score (nSPS) is 18.9. The van der Waals surface area contributed by atoms with Gasteiger partial charge in [0.15, 0.2) is 0 Å². The molecule has 0 N–H and O–H groups in total. The van der Waals surface area contributed by atoms with Gasteiger partial charge in [-0.1, -0.05) is 13.0 Å². The lowest BCUT2D eigenvalue weighted by molar-refractivity contribution is 0.389. The predicted octanol–water partition coefficient (Wildman–Crippen LogP) is 6.24. The molecular weight excluding hydrogens is 388 g/mol. The zero-order chi connectivity index (χ0) is 19.1. The molecule has 1 unspecified atom stereocenters. The molecule has 0 aliphatic carbocycles. The molecule has 1 aliphatic rings. The Bertz CT molecular complexity index is 857. The molecule has 1 atom stereocenters. The molecule has 2 aromatic rings. The molecule has 0 amide bonds. The molecule has 138 valence electrons. The summed E-state index contributed by atoms with van der Waals surface area (Å²) in [5, 5.41) is 0. The molecule has 1 heterocycles. The standard InChI is InChI=1S/C22H27BrN2O/c1-14-7-8-19(18(23)9-14)24-13-16-10-17-15(2)12-22(3,4)25(5)20(17)11-21(16)26-6/h7-11,13,15H,12H2,1-6H3. The van der Waals surface area contributed by atoms with E-state index in [-0.39, 0.29) is 5.54 Å². The first-order valence-corrected chi connectivity index (χ1v) is 9.78. The van der Waals surface area contributed by atoms with Crippen molar-refractivity contribution in [3.63, 3.8) is 0 Å². The number of hydrogen-bond acceptors (Lipinski definition) is 3. The maximum Gasteiger partial charge on any atom is 0.129 e. The van der Waals surface area contributed by atoms with Crippen LogP contribution in [0.3, 0.4) is 0 Å². The molecule has 0 spiro atoms. The second-order valence-electron chi connectivity index (χ2n) is 7.84. The topological polar surface area (TPSA) is 24.8 Å². The van der Waals surface area contributed by atoms with Gasteiger partial charge in [-0.15, -0.1) is 0 Å². The Balaban J connectivity index is 2.03. The molecule has 0 bridgehead atoms. The second-order valence-corrected chi connectivity index (χ2v) is 8.70. The Morgan fingerprint density at radius 2 is 2.00 bits per heavy atom. The van der Waals surface area contributed by atoms with Gasteiger partial charge in [0.05, 0.1) is 12.8 Å². The fourth-order valence-corrected chi connectivity index (χ4v) is 4.34. The summed E-state index contributed by atoms with van der Waals surface area (Å²) in [7, 11) is 3.89. The maximum absolute atomic E-state index is 5.67. The highest BCUT2D eigenvalue weighted by Crippen LogP contribution is 2.44. The number of anilines is 1. The summed E-state index contributed by atoms with van der Waals surface area (Å²) in [6.07, 6.45) is 3.03. The van der Waals surface area contributed by atoms with Gasteiger partial charge in [0, 0.05) is 40.6 Å². The number of nitrogens with zero attached hydrogens (tertiary/aromatic N) is 2. The van der Waals surface area contributed by atoms with Crippen molar-refractivity contribution >= 4 is 33.5 Å². The molecule has 3 nitrogen and oxygen atoms in total. The molecule has 1 aliphatic heterocycles. The lowest BCUT2D eigenvalue weighted by Crippen LogP contribution is -2.45. The van der Waals surface area contributed by atoms with E-state index in [1.807, 2.05) is 12.3 Å². The minimum Gasteiger partial charge on any atom is -0.496 e. The van der Waals surface area contributed by atoms with Crippen LogP contribution in [0, 0.1) is 6.92 Å². The largest absolute Gasteiger partial charge is 0.496 e. The van der Waals surface area contributed by atoms with Crippen LogP contribution in [-0.4, -0.2) is 25.9 Å². The molecule has 26 heavy (non-hydrogen) atoms. The average molecular weight is 415 g/mol. The third-order valence-electron chi connectivity index (χ3n) is 5.43. The first-order valence-electron chi connectivity index (χ1n) is 8.99. The highest BCUT2D eigenvalue weighted by molar-refractivity contribution is 9.10. The number of halogens is 1. The highest BCUT2D eigenvalue weighted by Gasteiger charge is 2.34. The van der Waals surface area contributed by atoms with Crippen molar-refractivity contribution in [2.75, 3.05) is 19.1 Å². The second kappa shape index (κ2) is 7.07. The van der Waals surface area contributed by atoms with E-state index in [9.17, 15) is 0 Å². The van der Waals surface area contributed by atoms with Gasteiger partial charge in [0.2, 0.25) is 0 Å². The van der Waals surface area contributed by atoms with Crippen molar-refractivity contribution in [3.05, 3.63) is 51.5 Å². The summed E-state index contributed by atoms with van der Waals surface area (Å²) in [6.45, 7) is 8.97. The van der Waals surface area contributed by atoms with Crippen molar-refractivity contribution < 1.29 is 4.74 Å². The number of rotatable bonds is 3. The van der Waals surface area contributed by atoms with Gasteiger partial charge in [-0.2, -0.15) is 0 Å². The van der Waals surface area contributed by atoms with E-state index in [0.29, 0.717) is 5.92 Å². The zero-order valence-electron chi connectivity index (χ0n) is 16.4.